The topological polar surface area (TPSA) is 93.7 Å². The van der Waals surface area contributed by atoms with Gasteiger partial charge in [0.1, 0.15) is 17.9 Å². The maximum absolute atomic E-state index is 12.6. The number of esters is 1. The van der Waals surface area contributed by atoms with Crippen LogP contribution < -0.4 is 15.4 Å². The van der Waals surface area contributed by atoms with E-state index >= 15 is 0 Å². The molecule has 0 spiro atoms. The minimum Gasteiger partial charge on any atom is -0.488 e. The van der Waals surface area contributed by atoms with Gasteiger partial charge in [0.2, 0.25) is 5.91 Å². The Balaban J connectivity index is 1.49. The molecule has 7 heteroatoms. The number of aryl methyl sites for hydroxylation is 4. The molecule has 0 aromatic heterocycles. The number of anilines is 1. The van der Waals surface area contributed by atoms with E-state index in [-0.39, 0.29) is 18.0 Å². The normalized spacial score (nSPS) is 10.4. The molecule has 2 amide bonds. The summed E-state index contributed by atoms with van der Waals surface area (Å²) in [4.78, 5) is 37.0. The van der Waals surface area contributed by atoms with E-state index in [1.54, 1.807) is 24.3 Å². The van der Waals surface area contributed by atoms with E-state index in [1.807, 2.05) is 64.1 Å². The van der Waals surface area contributed by atoms with E-state index in [1.165, 1.54) is 0 Å². The number of hydrogen-bond donors (Lipinski definition) is 2. The lowest BCUT2D eigenvalue weighted by molar-refractivity contribution is -0.126. The lowest BCUT2D eigenvalue weighted by Gasteiger charge is -2.14. The zero-order chi connectivity index (χ0) is 25.4. The van der Waals surface area contributed by atoms with Crippen LogP contribution in [0.1, 0.15) is 38.2 Å². The van der Waals surface area contributed by atoms with Gasteiger partial charge in [0.05, 0.1) is 6.54 Å². The summed E-state index contributed by atoms with van der Waals surface area (Å²) in [5, 5.41) is 5.28. The van der Waals surface area contributed by atoms with Crippen LogP contribution in [0.2, 0.25) is 0 Å². The monoisotopic (exact) mass is 474 g/mol. The Morgan fingerprint density at radius 2 is 1.46 bits per heavy atom. The third-order valence-electron chi connectivity index (χ3n) is 5.47. The first kappa shape index (κ1) is 25.5. The van der Waals surface area contributed by atoms with Crippen molar-refractivity contribution in [3.63, 3.8) is 0 Å². The van der Waals surface area contributed by atoms with Gasteiger partial charge in [-0.15, -0.1) is 0 Å². The number of nitrogens with one attached hydrogen (secondary N) is 2. The molecule has 35 heavy (non-hydrogen) atoms. The van der Waals surface area contributed by atoms with Gasteiger partial charge in [-0.1, -0.05) is 54.1 Å². The number of ether oxygens (including phenoxy) is 2. The maximum Gasteiger partial charge on any atom is 0.342 e. The van der Waals surface area contributed by atoms with Crippen molar-refractivity contribution in [2.45, 2.75) is 34.3 Å². The molecule has 182 valence electrons. The van der Waals surface area contributed by atoms with E-state index in [0.717, 1.165) is 33.5 Å². The summed E-state index contributed by atoms with van der Waals surface area (Å²) < 4.78 is 11.0. The van der Waals surface area contributed by atoms with Gasteiger partial charge in [-0.3, -0.25) is 9.59 Å². The number of carbonyl (C=O) groups is 3. The van der Waals surface area contributed by atoms with Crippen molar-refractivity contribution < 1.29 is 23.9 Å². The molecule has 0 bridgehead atoms. The van der Waals surface area contributed by atoms with Crippen LogP contribution in [0.3, 0.4) is 0 Å². The summed E-state index contributed by atoms with van der Waals surface area (Å²) in [6.07, 6.45) is 0. The van der Waals surface area contributed by atoms with Crippen molar-refractivity contribution in [2.75, 3.05) is 18.5 Å². The van der Waals surface area contributed by atoms with E-state index in [2.05, 4.69) is 10.6 Å². The molecule has 0 atom stereocenters. The second-order valence-electron chi connectivity index (χ2n) is 8.39. The maximum atomic E-state index is 12.6. The van der Waals surface area contributed by atoms with Crippen LogP contribution in [0.25, 0.3) is 0 Å². The lowest BCUT2D eigenvalue weighted by Crippen LogP contribution is -2.35. The number of hydrogen-bond acceptors (Lipinski definition) is 5. The van der Waals surface area contributed by atoms with Gasteiger partial charge >= 0.3 is 5.97 Å². The van der Waals surface area contributed by atoms with Crippen molar-refractivity contribution in [3.05, 3.63) is 94.0 Å². The molecule has 3 aromatic carbocycles. The number of carbonyl (C=O) groups excluding carboxylic acids is 3. The van der Waals surface area contributed by atoms with Crippen molar-refractivity contribution in [1.82, 2.24) is 5.32 Å². The molecule has 0 saturated carbocycles. The molecule has 0 unspecified atom stereocenters. The number of amides is 2. The molecular weight excluding hydrogens is 444 g/mol. The van der Waals surface area contributed by atoms with E-state index < -0.39 is 18.5 Å². The van der Waals surface area contributed by atoms with Gasteiger partial charge in [0, 0.05) is 5.69 Å². The Kier molecular flexibility index (Phi) is 8.62. The van der Waals surface area contributed by atoms with Crippen LogP contribution in [-0.2, 0) is 20.9 Å². The zero-order valence-electron chi connectivity index (χ0n) is 20.4. The predicted molar refractivity (Wildman–Crippen MR) is 135 cm³/mol. The fourth-order valence-electron chi connectivity index (χ4n) is 3.69. The summed E-state index contributed by atoms with van der Waals surface area (Å²) in [6, 6.07) is 18.5. The van der Waals surface area contributed by atoms with Gasteiger partial charge in [-0.25, -0.2) is 4.79 Å². The van der Waals surface area contributed by atoms with Crippen molar-refractivity contribution in [1.29, 1.82) is 0 Å². The molecular formula is C28H30N2O5. The van der Waals surface area contributed by atoms with E-state index in [4.69, 9.17) is 9.47 Å². The second-order valence-corrected chi connectivity index (χ2v) is 8.39. The third kappa shape index (κ3) is 7.17. The Labute approximate surface area is 205 Å². The highest BCUT2D eigenvalue weighted by molar-refractivity contribution is 5.97. The molecule has 3 rings (SSSR count). The minimum atomic E-state index is -0.684. The zero-order valence-corrected chi connectivity index (χ0v) is 20.4. The fourth-order valence-corrected chi connectivity index (χ4v) is 3.69. The van der Waals surface area contributed by atoms with Gasteiger partial charge in [0.15, 0.2) is 6.61 Å². The van der Waals surface area contributed by atoms with Crippen LogP contribution in [0.15, 0.2) is 60.7 Å². The van der Waals surface area contributed by atoms with Crippen molar-refractivity contribution >= 4 is 23.5 Å². The molecule has 3 aromatic rings. The molecule has 0 heterocycles. The summed E-state index contributed by atoms with van der Waals surface area (Å²) >= 11 is 0. The highest BCUT2D eigenvalue weighted by Crippen LogP contribution is 2.22. The van der Waals surface area contributed by atoms with Crippen LogP contribution in [0, 0.1) is 27.7 Å². The quantitative estimate of drug-likeness (QED) is 0.448. The van der Waals surface area contributed by atoms with Crippen LogP contribution in [-0.4, -0.2) is 30.9 Å². The Morgan fingerprint density at radius 3 is 2.17 bits per heavy atom. The summed E-state index contributed by atoms with van der Waals surface area (Å²) in [5.74, 6) is -1.26. The number of benzene rings is 3. The second kappa shape index (κ2) is 11.8. The van der Waals surface area contributed by atoms with Crippen LogP contribution in [0.5, 0.6) is 5.75 Å². The van der Waals surface area contributed by atoms with Gasteiger partial charge < -0.3 is 20.1 Å². The molecule has 0 saturated heterocycles. The molecule has 7 nitrogen and oxygen atoms in total. The fraction of sp³-hybridized carbons (Fsp3) is 0.250. The van der Waals surface area contributed by atoms with Gasteiger partial charge in [-0.05, 0) is 62.1 Å². The SMILES string of the molecule is Cc1cc(C)c(NC(=O)CNC(=O)COC(=O)c2ccccc2OCc2ccccc2C)c(C)c1. The molecule has 0 aliphatic heterocycles. The van der Waals surface area contributed by atoms with Crippen LogP contribution >= 0.6 is 0 Å². The standard InChI is InChI=1S/C28H30N2O5/c1-18-13-20(3)27(21(4)14-18)30-25(31)15-29-26(32)17-35-28(33)23-11-7-8-12-24(23)34-16-22-10-6-5-9-19(22)2/h5-14H,15-17H2,1-4H3,(H,29,32)(H,30,31). The summed E-state index contributed by atoms with van der Waals surface area (Å²) in [7, 11) is 0. The Morgan fingerprint density at radius 1 is 0.800 bits per heavy atom. The summed E-state index contributed by atoms with van der Waals surface area (Å²) in [6.45, 7) is 7.35. The minimum absolute atomic E-state index is 0.219. The molecule has 0 fully saturated rings. The molecule has 2 N–H and O–H groups in total. The largest absolute Gasteiger partial charge is 0.488 e. The number of para-hydroxylation sites is 1. The lowest BCUT2D eigenvalue weighted by atomic mass is 10.1. The van der Waals surface area contributed by atoms with Gasteiger partial charge in [-0.2, -0.15) is 0 Å². The van der Waals surface area contributed by atoms with Crippen molar-refractivity contribution in [2.24, 2.45) is 0 Å². The van der Waals surface area contributed by atoms with E-state index in [9.17, 15) is 14.4 Å². The Bertz CT molecular complexity index is 1210. The average Bonchev–Trinajstić information content (AvgIpc) is 2.83. The van der Waals surface area contributed by atoms with Crippen molar-refractivity contribution in [3.8, 4) is 5.75 Å². The summed E-state index contributed by atoms with van der Waals surface area (Å²) in [5.41, 5.74) is 6.03. The third-order valence-corrected chi connectivity index (χ3v) is 5.47. The Hall–Kier alpha value is -4.13. The van der Waals surface area contributed by atoms with Crippen LogP contribution in [0.4, 0.5) is 5.69 Å². The highest BCUT2D eigenvalue weighted by atomic mass is 16.5. The highest BCUT2D eigenvalue weighted by Gasteiger charge is 2.16. The smallest absolute Gasteiger partial charge is 0.342 e. The molecule has 0 aliphatic carbocycles. The van der Waals surface area contributed by atoms with Gasteiger partial charge in [0.25, 0.3) is 5.91 Å². The molecule has 0 aliphatic rings. The first-order valence-electron chi connectivity index (χ1n) is 11.3. The first-order valence-corrected chi connectivity index (χ1v) is 11.3. The predicted octanol–water partition coefficient (Wildman–Crippen LogP) is 4.41. The average molecular weight is 475 g/mol. The van der Waals surface area contributed by atoms with E-state index in [0.29, 0.717) is 12.4 Å². The first-order chi connectivity index (χ1) is 16.7. The number of rotatable bonds is 9. The molecule has 0 radical (unpaired) electrons.